The molecule has 130 valence electrons. The van der Waals surface area contributed by atoms with Crippen molar-refractivity contribution in [3.63, 3.8) is 0 Å². The Morgan fingerprint density at radius 1 is 1.33 bits per heavy atom. The van der Waals surface area contributed by atoms with Gasteiger partial charge in [-0.2, -0.15) is 4.68 Å². The molecular weight excluding hydrogens is 359 g/mol. The van der Waals surface area contributed by atoms with Crippen molar-refractivity contribution in [2.75, 3.05) is 0 Å². The predicted octanol–water partition coefficient (Wildman–Crippen LogP) is 3.28. The Bertz CT molecular complexity index is 839. The number of carbonyl (C=O) groups is 1. The molecule has 0 aliphatic heterocycles. The highest BCUT2D eigenvalue weighted by Gasteiger charge is 2.36. The largest absolute Gasteiger partial charge is 0.489 e. The summed E-state index contributed by atoms with van der Waals surface area (Å²) in [6, 6.07) is 2.87. The molecule has 2 aromatic rings. The maximum Gasteiger partial charge on any atom is 0.442 e. The van der Waals surface area contributed by atoms with E-state index < -0.39 is 17.1 Å². The van der Waals surface area contributed by atoms with Crippen molar-refractivity contribution < 1.29 is 19.1 Å². The van der Waals surface area contributed by atoms with Gasteiger partial charge in [-0.3, -0.25) is 4.79 Å². The van der Waals surface area contributed by atoms with E-state index in [-0.39, 0.29) is 27.7 Å². The molecule has 0 unspecified atom stereocenters. The monoisotopic (exact) mass is 374 g/mol. The van der Waals surface area contributed by atoms with Crippen LogP contribution in [-0.4, -0.2) is 27.0 Å². The van der Waals surface area contributed by atoms with Crippen molar-refractivity contribution >= 4 is 29.2 Å². The van der Waals surface area contributed by atoms with E-state index in [1.165, 1.54) is 26.0 Å². The summed E-state index contributed by atoms with van der Waals surface area (Å²) in [6.07, 6.45) is -0.146. The van der Waals surface area contributed by atoms with Crippen molar-refractivity contribution in [1.82, 2.24) is 9.78 Å². The van der Waals surface area contributed by atoms with Crippen molar-refractivity contribution in [1.29, 1.82) is 0 Å². The third kappa shape index (κ3) is 3.42. The second-order valence-electron chi connectivity index (χ2n) is 5.92. The van der Waals surface area contributed by atoms with E-state index in [4.69, 9.17) is 32.4 Å². The van der Waals surface area contributed by atoms with E-state index in [9.17, 15) is 14.7 Å². The molecule has 1 aromatic heterocycles. The molecule has 1 heterocycles. The number of carboxylic acid groups (broad SMARTS) is 1. The molecule has 0 saturated carbocycles. The maximum atomic E-state index is 12.1. The number of aliphatic carboxylic acids is 1. The Hall–Kier alpha value is -1.99. The molecule has 1 N–H and O–H groups in total. The minimum absolute atomic E-state index is 0.145. The van der Waals surface area contributed by atoms with Gasteiger partial charge in [0.05, 0.1) is 21.8 Å². The molecule has 9 heteroatoms. The molecule has 0 aliphatic rings. The van der Waals surface area contributed by atoms with Gasteiger partial charge in [0, 0.05) is 6.07 Å². The molecule has 24 heavy (non-hydrogen) atoms. The Balaban J connectivity index is 2.59. The molecule has 0 aliphatic carbocycles. The first-order valence-corrected chi connectivity index (χ1v) is 7.79. The first-order valence-electron chi connectivity index (χ1n) is 7.04. The van der Waals surface area contributed by atoms with Gasteiger partial charge in [0.1, 0.15) is 11.2 Å². The number of aromatic nitrogens is 2. The molecule has 0 amide bonds. The van der Waals surface area contributed by atoms with Crippen LogP contribution >= 0.6 is 23.2 Å². The number of ether oxygens (including phenoxy) is 1. The minimum Gasteiger partial charge on any atom is -0.489 e. The highest BCUT2D eigenvalue weighted by atomic mass is 35.5. The zero-order valence-electron chi connectivity index (χ0n) is 13.5. The van der Waals surface area contributed by atoms with Gasteiger partial charge in [-0.05, 0) is 33.8 Å². The molecule has 2 rings (SSSR count). The molecule has 0 bridgehead atoms. The lowest BCUT2D eigenvalue weighted by atomic mass is 9.94. The summed E-state index contributed by atoms with van der Waals surface area (Å²) in [5, 5.41) is 13.6. The fraction of sp³-hybridized carbons (Fsp3) is 0.400. The number of hydrogen-bond acceptors (Lipinski definition) is 5. The van der Waals surface area contributed by atoms with Crippen molar-refractivity contribution in [2.24, 2.45) is 0 Å². The third-order valence-corrected chi connectivity index (χ3v) is 3.81. The van der Waals surface area contributed by atoms with Crippen LogP contribution in [-0.2, 0) is 10.2 Å². The summed E-state index contributed by atoms with van der Waals surface area (Å²) < 4.78 is 11.4. The molecule has 0 fully saturated rings. The van der Waals surface area contributed by atoms with Crippen LogP contribution in [0.5, 0.6) is 5.75 Å². The summed E-state index contributed by atoms with van der Waals surface area (Å²) in [5.74, 6) is -1.96. The van der Waals surface area contributed by atoms with Crippen LogP contribution in [0.3, 0.4) is 0 Å². The van der Waals surface area contributed by atoms with Crippen LogP contribution in [0.4, 0.5) is 0 Å². The second kappa shape index (κ2) is 6.49. The number of nitrogens with zero attached hydrogens (tertiary/aromatic N) is 2. The Labute approximate surface area is 147 Å². The molecule has 0 saturated heterocycles. The van der Waals surface area contributed by atoms with E-state index in [0.717, 1.165) is 4.68 Å². The van der Waals surface area contributed by atoms with Gasteiger partial charge in [-0.15, -0.1) is 5.10 Å². The van der Waals surface area contributed by atoms with Crippen LogP contribution in [0.2, 0.25) is 10.0 Å². The van der Waals surface area contributed by atoms with Gasteiger partial charge < -0.3 is 14.3 Å². The summed E-state index contributed by atoms with van der Waals surface area (Å²) in [7, 11) is 0. The Kier molecular flexibility index (Phi) is 4.96. The quantitative estimate of drug-likeness (QED) is 0.862. The highest BCUT2D eigenvalue weighted by Crippen LogP contribution is 2.33. The van der Waals surface area contributed by atoms with E-state index in [0.29, 0.717) is 5.75 Å². The van der Waals surface area contributed by atoms with Gasteiger partial charge in [-0.25, -0.2) is 4.79 Å². The lowest BCUT2D eigenvalue weighted by molar-refractivity contribution is -0.143. The van der Waals surface area contributed by atoms with Crippen molar-refractivity contribution in [3.05, 3.63) is 38.6 Å². The number of halogens is 2. The maximum absolute atomic E-state index is 12.1. The Morgan fingerprint density at radius 2 is 1.96 bits per heavy atom. The fourth-order valence-electron chi connectivity index (χ4n) is 1.80. The van der Waals surface area contributed by atoms with E-state index in [1.807, 2.05) is 13.8 Å². The molecule has 0 radical (unpaired) electrons. The third-order valence-electron chi connectivity index (χ3n) is 3.21. The van der Waals surface area contributed by atoms with Crippen molar-refractivity contribution in [2.45, 2.75) is 39.2 Å². The van der Waals surface area contributed by atoms with Crippen LogP contribution in [0.15, 0.2) is 21.3 Å². The average molecular weight is 375 g/mol. The SMILES string of the molecule is CC(C)Oc1cc(-n2nc(C(C)(C)C(=O)O)oc2=O)c(Cl)cc1Cl. The Morgan fingerprint density at radius 3 is 2.50 bits per heavy atom. The van der Waals surface area contributed by atoms with E-state index in [1.54, 1.807) is 0 Å². The molecule has 0 atom stereocenters. The summed E-state index contributed by atoms with van der Waals surface area (Å²) in [4.78, 5) is 23.4. The van der Waals surface area contributed by atoms with Crippen LogP contribution in [0.1, 0.15) is 33.6 Å². The number of rotatable bonds is 5. The van der Waals surface area contributed by atoms with E-state index in [2.05, 4.69) is 5.10 Å². The zero-order chi connectivity index (χ0) is 18.2. The first-order chi connectivity index (χ1) is 11.0. The summed E-state index contributed by atoms with van der Waals surface area (Å²) in [5.41, 5.74) is -1.29. The van der Waals surface area contributed by atoms with Gasteiger partial charge in [0.2, 0.25) is 5.89 Å². The van der Waals surface area contributed by atoms with Crippen molar-refractivity contribution in [3.8, 4) is 11.4 Å². The standard InChI is InChI=1S/C15H16Cl2N2O5/c1-7(2)23-11-6-10(8(16)5-9(11)17)19-14(22)24-12(18-19)15(3,4)13(20)21/h5-7H,1-4H3,(H,20,21). The second-order valence-corrected chi connectivity index (χ2v) is 6.73. The van der Waals surface area contributed by atoms with Gasteiger partial charge in [0.15, 0.2) is 0 Å². The molecule has 0 spiro atoms. The van der Waals surface area contributed by atoms with Crippen LogP contribution in [0, 0.1) is 0 Å². The van der Waals surface area contributed by atoms with Gasteiger partial charge >= 0.3 is 11.7 Å². The minimum atomic E-state index is -1.47. The van der Waals surface area contributed by atoms with E-state index >= 15 is 0 Å². The predicted molar refractivity (Wildman–Crippen MR) is 88.5 cm³/mol. The van der Waals surface area contributed by atoms with Crippen LogP contribution in [0.25, 0.3) is 5.69 Å². The summed E-state index contributed by atoms with van der Waals surface area (Å²) >= 11 is 12.2. The average Bonchev–Trinajstić information content (AvgIpc) is 2.84. The number of carboxylic acids is 1. The summed E-state index contributed by atoms with van der Waals surface area (Å²) in [6.45, 7) is 6.39. The highest BCUT2D eigenvalue weighted by molar-refractivity contribution is 6.36. The zero-order valence-corrected chi connectivity index (χ0v) is 15.0. The number of hydrogen-bond donors (Lipinski definition) is 1. The molecule has 1 aromatic carbocycles. The van der Waals surface area contributed by atoms with Gasteiger partial charge in [-0.1, -0.05) is 23.2 Å². The number of benzene rings is 1. The van der Waals surface area contributed by atoms with Crippen LogP contribution < -0.4 is 10.5 Å². The fourth-order valence-corrected chi connectivity index (χ4v) is 2.31. The molecule has 7 nitrogen and oxygen atoms in total. The lowest BCUT2D eigenvalue weighted by Gasteiger charge is -2.14. The normalized spacial score (nSPS) is 11.8. The first kappa shape index (κ1) is 18.4. The smallest absolute Gasteiger partial charge is 0.442 e. The lowest BCUT2D eigenvalue weighted by Crippen LogP contribution is -2.29. The molecular formula is C15H16Cl2N2O5. The van der Waals surface area contributed by atoms with Gasteiger partial charge in [0.25, 0.3) is 0 Å². The topological polar surface area (TPSA) is 94.6 Å².